The van der Waals surface area contributed by atoms with Crippen LogP contribution in [-0.4, -0.2) is 13.0 Å². The van der Waals surface area contributed by atoms with Gasteiger partial charge in [-0.25, -0.2) is 0 Å². The maximum absolute atomic E-state index is 11.9. The predicted molar refractivity (Wildman–Crippen MR) is 81.1 cm³/mol. The van der Waals surface area contributed by atoms with E-state index in [0.717, 1.165) is 23.4 Å². The second-order valence-corrected chi connectivity index (χ2v) is 4.76. The molecule has 3 nitrogen and oxygen atoms in total. The highest BCUT2D eigenvalue weighted by atomic mass is 16.5. The molecule has 0 radical (unpaired) electrons. The van der Waals surface area contributed by atoms with E-state index in [-0.39, 0.29) is 5.91 Å². The molecule has 0 spiro atoms. The Hall–Kier alpha value is -2.29. The average Bonchev–Trinajstić information content (AvgIpc) is 2.48. The van der Waals surface area contributed by atoms with Gasteiger partial charge in [0.25, 0.3) is 0 Å². The molecule has 3 heteroatoms. The molecule has 0 aliphatic heterocycles. The number of hydrogen-bond acceptors (Lipinski definition) is 2. The fourth-order valence-corrected chi connectivity index (χ4v) is 1.91. The summed E-state index contributed by atoms with van der Waals surface area (Å²) in [5.41, 5.74) is 3.15. The van der Waals surface area contributed by atoms with Crippen molar-refractivity contribution in [1.29, 1.82) is 0 Å². The van der Waals surface area contributed by atoms with Gasteiger partial charge >= 0.3 is 0 Å². The normalized spacial score (nSPS) is 10.1. The number of hydrogen-bond donors (Lipinski definition) is 1. The van der Waals surface area contributed by atoms with Gasteiger partial charge in [0.15, 0.2) is 0 Å². The number of nitrogens with one attached hydrogen (secondary N) is 1. The molecule has 0 unspecified atom stereocenters. The third kappa shape index (κ3) is 4.12. The number of anilines is 1. The van der Waals surface area contributed by atoms with Gasteiger partial charge in [0.05, 0.1) is 7.11 Å². The summed E-state index contributed by atoms with van der Waals surface area (Å²) in [6, 6.07) is 15.6. The number of amides is 1. The summed E-state index contributed by atoms with van der Waals surface area (Å²) in [6.45, 7) is 2.02. The number of rotatable bonds is 5. The van der Waals surface area contributed by atoms with Gasteiger partial charge < -0.3 is 10.1 Å². The zero-order valence-corrected chi connectivity index (χ0v) is 11.8. The summed E-state index contributed by atoms with van der Waals surface area (Å²) in [6.07, 6.45) is 1.20. The molecule has 0 fully saturated rings. The molecule has 0 saturated heterocycles. The van der Waals surface area contributed by atoms with Crippen LogP contribution < -0.4 is 10.1 Å². The van der Waals surface area contributed by atoms with Crippen molar-refractivity contribution in [1.82, 2.24) is 0 Å². The largest absolute Gasteiger partial charge is 0.497 e. The first-order valence-corrected chi connectivity index (χ1v) is 6.67. The van der Waals surface area contributed by atoms with Crippen LogP contribution in [0.15, 0.2) is 48.5 Å². The van der Waals surface area contributed by atoms with Crippen molar-refractivity contribution < 1.29 is 9.53 Å². The molecule has 0 heterocycles. The van der Waals surface area contributed by atoms with Gasteiger partial charge in [-0.05, 0) is 43.2 Å². The van der Waals surface area contributed by atoms with Gasteiger partial charge in [-0.1, -0.05) is 29.8 Å². The summed E-state index contributed by atoms with van der Waals surface area (Å²) in [4.78, 5) is 11.9. The molecular weight excluding hydrogens is 250 g/mol. The molecule has 0 aliphatic carbocycles. The molecule has 2 aromatic rings. The van der Waals surface area contributed by atoms with Crippen LogP contribution in [0.5, 0.6) is 5.75 Å². The van der Waals surface area contributed by atoms with Gasteiger partial charge in [-0.3, -0.25) is 4.79 Å². The third-order valence-electron chi connectivity index (χ3n) is 3.14. The molecule has 20 heavy (non-hydrogen) atoms. The van der Waals surface area contributed by atoms with Crippen molar-refractivity contribution in [2.45, 2.75) is 19.8 Å². The molecule has 104 valence electrons. The van der Waals surface area contributed by atoms with E-state index in [1.54, 1.807) is 7.11 Å². The predicted octanol–water partition coefficient (Wildman–Crippen LogP) is 3.57. The van der Waals surface area contributed by atoms with Gasteiger partial charge in [-0.15, -0.1) is 0 Å². The molecule has 2 aromatic carbocycles. The monoisotopic (exact) mass is 269 g/mol. The van der Waals surface area contributed by atoms with Gasteiger partial charge in [0.1, 0.15) is 5.75 Å². The highest BCUT2D eigenvalue weighted by Crippen LogP contribution is 2.13. The minimum absolute atomic E-state index is 0.0321. The molecule has 2 rings (SSSR count). The fourth-order valence-electron chi connectivity index (χ4n) is 1.91. The summed E-state index contributed by atoms with van der Waals surface area (Å²) >= 11 is 0. The van der Waals surface area contributed by atoms with Crippen molar-refractivity contribution in [2.24, 2.45) is 0 Å². The Morgan fingerprint density at radius 3 is 2.30 bits per heavy atom. The van der Waals surface area contributed by atoms with E-state index in [9.17, 15) is 4.79 Å². The minimum Gasteiger partial charge on any atom is -0.497 e. The average molecular weight is 269 g/mol. The van der Waals surface area contributed by atoms with Crippen molar-refractivity contribution in [3.05, 3.63) is 59.7 Å². The molecule has 1 amide bonds. The number of carbonyl (C=O) groups is 1. The Morgan fingerprint density at radius 2 is 1.70 bits per heavy atom. The van der Waals surface area contributed by atoms with E-state index >= 15 is 0 Å². The number of aryl methyl sites for hydroxylation is 2. The van der Waals surface area contributed by atoms with Crippen LogP contribution >= 0.6 is 0 Å². The number of methoxy groups -OCH3 is 1. The van der Waals surface area contributed by atoms with Crippen molar-refractivity contribution in [2.75, 3.05) is 12.4 Å². The van der Waals surface area contributed by atoms with E-state index in [2.05, 4.69) is 5.32 Å². The first-order valence-electron chi connectivity index (χ1n) is 6.67. The summed E-state index contributed by atoms with van der Waals surface area (Å²) in [5.74, 6) is 0.863. The zero-order valence-electron chi connectivity index (χ0n) is 11.8. The zero-order chi connectivity index (χ0) is 14.4. The van der Waals surface area contributed by atoms with Crippen LogP contribution in [0.1, 0.15) is 17.5 Å². The highest BCUT2D eigenvalue weighted by Gasteiger charge is 2.03. The van der Waals surface area contributed by atoms with Crippen molar-refractivity contribution in [3.63, 3.8) is 0 Å². The Labute approximate surface area is 119 Å². The lowest BCUT2D eigenvalue weighted by Crippen LogP contribution is -2.12. The van der Waals surface area contributed by atoms with Crippen LogP contribution in [0.25, 0.3) is 0 Å². The maximum Gasteiger partial charge on any atom is 0.224 e. The molecule has 0 saturated carbocycles. The lowest BCUT2D eigenvalue weighted by atomic mass is 10.1. The van der Waals surface area contributed by atoms with E-state index in [1.807, 2.05) is 55.5 Å². The van der Waals surface area contributed by atoms with Crippen molar-refractivity contribution >= 4 is 11.6 Å². The smallest absolute Gasteiger partial charge is 0.224 e. The Morgan fingerprint density at radius 1 is 1.05 bits per heavy atom. The lowest BCUT2D eigenvalue weighted by Gasteiger charge is -2.06. The van der Waals surface area contributed by atoms with Crippen LogP contribution in [0.2, 0.25) is 0 Å². The minimum atomic E-state index is 0.0321. The summed E-state index contributed by atoms with van der Waals surface area (Å²) in [5, 5.41) is 2.90. The van der Waals surface area contributed by atoms with Crippen LogP contribution in [0, 0.1) is 6.92 Å². The molecule has 0 aliphatic rings. The molecular formula is C17H19NO2. The Bertz CT molecular complexity index is 559. The first-order chi connectivity index (χ1) is 9.67. The number of carbonyl (C=O) groups excluding carboxylic acids is 1. The second-order valence-electron chi connectivity index (χ2n) is 4.76. The van der Waals surface area contributed by atoms with Gasteiger partial charge in [-0.2, -0.15) is 0 Å². The standard InChI is InChI=1S/C17H19NO2/c1-13-3-8-15(9-4-13)18-17(19)12-7-14-5-10-16(20-2)11-6-14/h3-6,8-11H,7,12H2,1-2H3,(H,18,19). The van der Waals surface area contributed by atoms with Crippen LogP contribution in [-0.2, 0) is 11.2 Å². The van der Waals surface area contributed by atoms with Crippen molar-refractivity contribution in [3.8, 4) is 5.75 Å². The molecule has 0 bridgehead atoms. The van der Waals surface area contributed by atoms with E-state index in [0.29, 0.717) is 6.42 Å². The van der Waals surface area contributed by atoms with Gasteiger partial charge in [0.2, 0.25) is 5.91 Å². The molecule has 0 atom stereocenters. The van der Waals surface area contributed by atoms with Gasteiger partial charge in [0, 0.05) is 12.1 Å². The second kappa shape index (κ2) is 6.75. The molecule has 1 N–H and O–H groups in total. The van der Waals surface area contributed by atoms with E-state index in [4.69, 9.17) is 4.74 Å². The van der Waals surface area contributed by atoms with E-state index in [1.165, 1.54) is 5.56 Å². The van der Waals surface area contributed by atoms with Crippen LogP contribution in [0.3, 0.4) is 0 Å². The maximum atomic E-state index is 11.9. The molecule has 0 aromatic heterocycles. The first kappa shape index (κ1) is 14.1. The number of ether oxygens (including phenoxy) is 1. The fraction of sp³-hybridized carbons (Fsp3) is 0.235. The topological polar surface area (TPSA) is 38.3 Å². The summed E-state index contributed by atoms with van der Waals surface area (Å²) < 4.78 is 5.10. The Kier molecular flexibility index (Phi) is 4.77. The summed E-state index contributed by atoms with van der Waals surface area (Å²) in [7, 11) is 1.64. The lowest BCUT2D eigenvalue weighted by molar-refractivity contribution is -0.116. The Balaban J connectivity index is 1.83. The highest BCUT2D eigenvalue weighted by molar-refractivity contribution is 5.90. The SMILES string of the molecule is COc1ccc(CCC(=O)Nc2ccc(C)cc2)cc1. The third-order valence-corrected chi connectivity index (χ3v) is 3.14. The quantitative estimate of drug-likeness (QED) is 0.901. The number of benzene rings is 2. The van der Waals surface area contributed by atoms with Crippen LogP contribution in [0.4, 0.5) is 5.69 Å². The van der Waals surface area contributed by atoms with E-state index < -0.39 is 0 Å².